The van der Waals surface area contributed by atoms with E-state index in [4.69, 9.17) is 4.74 Å². The molecule has 0 unspecified atom stereocenters. The van der Waals surface area contributed by atoms with Gasteiger partial charge in [-0.2, -0.15) is 4.39 Å². The molecular formula is C27H29F3O. The molecule has 4 rings (SSSR count). The summed E-state index contributed by atoms with van der Waals surface area (Å²) < 4.78 is 49.3. The standard InChI is InChI=1S/C27H29F3O/c1-3-5-17-6-8-18(9-7-17)19-10-12-21-20(16-19)11-13-22(25(21)28)23-14-15-24(31-4-2)27(30)26(23)29/h10-18H,3-9H2,1-2H3. The second-order valence-corrected chi connectivity index (χ2v) is 8.59. The van der Waals surface area contributed by atoms with Crippen molar-refractivity contribution < 1.29 is 17.9 Å². The van der Waals surface area contributed by atoms with Gasteiger partial charge in [-0.05, 0) is 67.5 Å². The van der Waals surface area contributed by atoms with Gasteiger partial charge in [-0.15, -0.1) is 0 Å². The second kappa shape index (κ2) is 9.33. The van der Waals surface area contributed by atoms with Gasteiger partial charge in [0, 0.05) is 16.5 Å². The van der Waals surface area contributed by atoms with Crippen LogP contribution in [0.5, 0.6) is 5.75 Å². The van der Waals surface area contributed by atoms with Gasteiger partial charge in [0.2, 0.25) is 5.82 Å². The molecule has 31 heavy (non-hydrogen) atoms. The number of fused-ring (bicyclic) bond motifs is 1. The van der Waals surface area contributed by atoms with Crippen LogP contribution in [0.15, 0.2) is 42.5 Å². The van der Waals surface area contributed by atoms with Gasteiger partial charge in [-0.3, -0.25) is 0 Å². The Bertz CT molecular complexity index is 1070. The second-order valence-electron chi connectivity index (χ2n) is 8.59. The minimum absolute atomic E-state index is 0.0553. The quantitative estimate of drug-likeness (QED) is 0.384. The zero-order chi connectivity index (χ0) is 22.0. The van der Waals surface area contributed by atoms with Gasteiger partial charge in [-0.1, -0.05) is 50.1 Å². The van der Waals surface area contributed by atoms with E-state index in [9.17, 15) is 8.78 Å². The van der Waals surface area contributed by atoms with Crippen molar-refractivity contribution in [3.05, 3.63) is 65.5 Å². The van der Waals surface area contributed by atoms with Gasteiger partial charge in [0.1, 0.15) is 5.82 Å². The van der Waals surface area contributed by atoms with Crippen LogP contribution in [0.2, 0.25) is 0 Å². The third-order valence-corrected chi connectivity index (χ3v) is 6.63. The smallest absolute Gasteiger partial charge is 0.201 e. The van der Waals surface area contributed by atoms with E-state index in [-0.39, 0.29) is 23.5 Å². The van der Waals surface area contributed by atoms with E-state index in [1.807, 2.05) is 6.07 Å². The third kappa shape index (κ3) is 4.30. The van der Waals surface area contributed by atoms with Gasteiger partial charge in [0.25, 0.3) is 0 Å². The molecule has 3 aromatic carbocycles. The molecule has 0 heterocycles. The number of hydrogen-bond acceptors (Lipinski definition) is 1. The Kier molecular flexibility index (Phi) is 6.54. The maximum atomic E-state index is 15.3. The topological polar surface area (TPSA) is 9.23 Å². The van der Waals surface area contributed by atoms with E-state index in [2.05, 4.69) is 13.0 Å². The maximum absolute atomic E-state index is 15.3. The first kappa shape index (κ1) is 21.7. The SMILES string of the molecule is CCCC1CCC(c2ccc3c(F)c(-c4ccc(OCC)c(F)c4F)ccc3c2)CC1. The van der Waals surface area contributed by atoms with Crippen molar-refractivity contribution in [2.75, 3.05) is 6.61 Å². The summed E-state index contributed by atoms with van der Waals surface area (Å²) in [5.41, 5.74) is 1.20. The summed E-state index contributed by atoms with van der Waals surface area (Å²) in [7, 11) is 0. The summed E-state index contributed by atoms with van der Waals surface area (Å²) in [5, 5.41) is 1.22. The molecule has 0 bridgehead atoms. The molecule has 0 aliphatic heterocycles. The van der Waals surface area contributed by atoms with E-state index in [1.54, 1.807) is 19.1 Å². The Hall–Kier alpha value is -2.49. The lowest BCUT2D eigenvalue weighted by Gasteiger charge is -2.28. The minimum Gasteiger partial charge on any atom is -0.491 e. The molecule has 1 aliphatic carbocycles. The van der Waals surface area contributed by atoms with Gasteiger partial charge in [0.05, 0.1) is 6.61 Å². The summed E-state index contributed by atoms with van der Waals surface area (Å²) in [4.78, 5) is 0. The van der Waals surface area contributed by atoms with Crippen LogP contribution in [0.3, 0.4) is 0 Å². The van der Waals surface area contributed by atoms with Crippen LogP contribution < -0.4 is 4.74 Å². The van der Waals surface area contributed by atoms with E-state index < -0.39 is 17.5 Å². The molecule has 3 aromatic rings. The predicted molar refractivity (Wildman–Crippen MR) is 120 cm³/mol. The van der Waals surface area contributed by atoms with E-state index in [0.29, 0.717) is 11.3 Å². The highest BCUT2D eigenvalue weighted by Crippen LogP contribution is 2.39. The predicted octanol–water partition coefficient (Wildman–Crippen LogP) is 8.40. The molecule has 0 N–H and O–H groups in total. The maximum Gasteiger partial charge on any atom is 0.201 e. The molecule has 164 valence electrons. The molecule has 0 radical (unpaired) electrons. The Balaban J connectivity index is 1.64. The first-order valence-electron chi connectivity index (χ1n) is 11.4. The molecular weight excluding hydrogens is 397 g/mol. The van der Waals surface area contributed by atoms with Crippen LogP contribution in [-0.2, 0) is 0 Å². The minimum atomic E-state index is -1.09. The number of ether oxygens (including phenoxy) is 1. The van der Waals surface area contributed by atoms with Crippen molar-refractivity contribution in [2.24, 2.45) is 5.92 Å². The number of hydrogen-bond donors (Lipinski definition) is 0. The van der Waals surface area contributed by atoms with Crippen molar-refractivity contribution in [1.82, 2.24) is 0 Å². The summed E-state index contributed by atoms with van der Waals surface area (Å²) in [6, 6.07) is 11.9. The molecule has 1 fully saturated rings. The molecule has 1 aliphatic rings. The fraction of sp³-hybridized carbons (Fsp3) is 0.407. The van der Waals surface area contributed by atoms with Crippen molar-refractivity contribution >= 4 is 10.8 Å². The largest absolute Gasteiger partial charge is 0.491 e. The van der Waals surface area contributed by atoms with E-state index in [1.165, 1.54) is 62.3 Å². The zero-order valence-electron chi connectivity index (χ0n) is 18.2. The molecule has 0 atom stereocenters. The lowest BCUT2D eigenvalue weighted by Crippen LogP contribution is -2.13. The molecule has 0 spiro atoms. The number of rotatable bonds is 6. The van der Waals surface area contributed by atoms with E-state index >= 15 is 4.39 Å². The third-order valence-electron chi connectivity index (χ3n) is 6.63. The monoisotopic (exact) mass is 426 g/mol. The van der Waals surface area contributed by atoms with Crippen molar-refractivity contribution in [1.29, 1.82) is 0 Å². The molecule has 0 amide bonds. The lowest BCUT2D eigenvalue weighted by atomic mass is 9.77. The Labute approximate surface area is 182 Å². The number of benzene rings is 3. The normalized spacial score (nSPS) is 19.0. The summed E-state index contributed by atoms with van der Waals surface area (Å²) >= 11 is 0. The summed E-state index contributed by atoms with van der Waals surface area (Å²) in [6.07, 6.45) is 7.41. The Morgan fingerprint density at radius 2 is 1.52 bits per heavy atom. The average molecular weight is 427 g/mol. The van der Waals surface area contributed by atoms with Gasteiger partial charge >= 0.3 is 0 Å². The molecule has 4 heteroatoms. The van der Waals surface area contributed by atoms with Crippen LogP contribution >= 0.6 is 0 Å². The van der Waals surface area contributed by atoms with Crippen molar-refractivity contribution in [3.8, 4) is 16.9 Å². The first-order chi connectivity index (χ1) is 15.0. The highest BCUT2D eigenvalue weighted by atomic mass is 19.2. The van der Waals surface area contributed by atoms with E-state index in [0.717, 1.165) is 11.3 Å². The average Bonchev–Trinajstić information content (AvgIpc) is 2.78. The molecule has 1 saturated carbocycles. The number of halogens is 3. The Morgan fingerprint density at radius 3 is 2.23 bits per heavy atom. The first-order valence-corrected chi connectivity index (χ1v) is 11.4. The fourth-order valence-corrected chi connectivity index (χ4v) is 4.97. The highest BCUT2D eigenvalue weighted by Gasteiger charge is 2.23. The van der Waals surface area contributed by atoms with Crippen LogP contribution in [0.1, 0.15) is 63.9 Å². The van der Waals surface area contributed by atoms with Crippen LogP contribution in [0.25, 0.3) is 21.9 Å². The molecule has 1 nitrogen and oxygen atoms in total. The van der Waals surface area contributed by atoms with Crippen LogP contribution in [0.4, 0.5) is 13.2 Å². The zero-order valence-corrected chi connectivity index (χ0v) is 18.2. The van der Waals surface area contributed by atoms with Crippen LogP contribution in [0, 0.1) is 23.4 Å². The fourth-order valence-electron chi connectivity index (χ4n) is 4.97. The van der Waals surface area contributed by atoms with Crippen molar-refractivity contribution in [3.63, 3.8) is 0 Å². The summed E-state index contributed by atoms with van der Waals surface area (Å²) in [5.74, 6) is -1.53. The van der Waals surface area contributed by atoms with Gasteiger partial charge in [-0.25, -0.2) is 8.78 Å². The van der Waals surface area contributed by atoms with Crippen molar-refractivity contribution in [2.45, 2.75) is 58.3 Å². The molecule has 0 saturated heterocycles. The van der Waals surface area contributed by atoms with Gasteiger partial charge in [0.15, 0.2) is 11.6 Å². The van der Waals surface area contributed by atoms with Gasteiger partial charge < -0.3 is 4.74 Å². The lowest BCUT2D eigenvalue weighted by molar-refractivity contribution is 0.308. The molecule has 0 aromatic heterocycles. The highest BCUT2D eigenvalue weighted by molar-refractivity contribution is 5.89. The van der Waals surface area contributed by atoms with Crippen LogP contribution in [-0.4, -0.2) is 6.61 Å². The summed E-state index contributed by atoms with van der Waals surface area (Å²) in [6.45, 7) is 4.16. The Morgan fingerprint density at radius 1 is 0.806 bits per heavy atom.